The lowest BCUT2D eigenvalue weighted by Gasteiger charge is -2.13. The molecule has 7 heteroatoms. The van der Waals surface area contributed by atoms with Crippen molar-refractivity contribution in [3.05, 3.63) is 51.9 Å². The molecule has 0 radical (unpaired) electrons. The first-order valence-corrected chi connectivity index (χ1v) is 8.66. The summed E-state index contributed by atoms with van der Waals surface area (Å²) in [6, 6.07) is 10.0. The molecule has 1 unspecified atom stereocenters. The van der Waals surface area contributed by atoms with E-state index < -0.39 is 10.0 Å². The van der Waals surface area contributed by atoms with Crippen LogP contribution in [0.1, 0.15) is 23.4 Å². The highest BCUT2D eigenvalue weighted by molar-refractivity contribution is 7.91. The molecule has 1 aromatic heterocycles. The quantitative estimate of drug-likeness (QED) is 0.885. The van der Waals surface area contributed by atoms with Gasteiger partial charge in [-0.2, -0.15) is 0 Å². The van der Waals surface area contributed by atoms with Gasteiger partial charge in [-0.05, 0) is 36.8 Å². The normalized spacial score (nSPS) is 13.3. The summed E-state index contributed by atoms with van der Waals surface area (Å²) in [5, 5.41) is 0.620. The molecular formula is C13H15ClN2O2S2. The van der Waals surface area contributed by atoms with Crippen LogP contribution in [-0.2, 0) is 16.6 Å². The predicted molar refractivity (Wildman–Crippen MR) is 82.4 cm³/mol. The maximum absolute atomic E-state index is 12.2. The molecule has 1 heterocycles. The number of nitrogens with one attached hydrogen (secondary N) is 1. The summed E-state index contributed by atoms with van der Waals surface area (Å²) in [5.74, 6) is 0. The van der Waals surface area contributed by atoms with Gasteiger partial charge in [-0.3, -0.25) is 0 Å². The Kier molecular flexibility index (Phi) is 4.82. The number of hydrogen-bond acceptors (Lipinski definition) is 4. The lowest BCUT2D eigenvalue weighted by Crippen LogP contribution is -2.26. The van der Waals surface area contributed by atoms with E-state index in [0.29, 0.717) is 11.6 Å². The number of halogens is 1. The minimum atomic E-state index is -3.53. The standard InChI is InChI=1S/C13H15ClN2O2S2/c1-9(10-2-4-11(14)5-3-10)16-20(17,18)13-7-6-12(8-15)19-13/h2-7,9,16H,8,15H2,1H3. The third-order valence-electron chi connectivity index (χ3n) is 2.80. The molecule has 0 bridgehead atoms. The smallest absolute Gasteiger partial charge is 0.250 e. The summed E-state index contributed by atoms with van der Waals surface area (Å²) in [6.45, 7) is 2.13. The van der Waals surface area contributed by atoms with E-state index in [0.717, 1.165) is 10.4 Å². The maximum atomic E-state index is 12.2. The number of benzene rings is 1. The van der Waals surface area contributed by atoms with E-state index in [-0.39, 0.29) is 10.3 Å². The molecule has 20 heavy (non-hydrogen) atoms. The first kappa shape index (κ1) is 15.5. The van der Waals surface area contributed by atoms with Crippen LogP contribution in [0.5, 0.6) is 0 Å². The van der Waals surface area contributed by atoms with Gasteiger partial charge >= 0.3 is 0 Å². The van der Waals surface area contributed by atoms with Gasteiger partial charge in [-0.25, -0.2) is 13.1 Å². The second-order valence-electron chi connectivity index (χ2n) is 4.32. The zero-order chi connectivity index (χ0) is 14.8. The van der Waals surface area contributed by atoms with Gasteiger partial charge in [0.2, 0.25) is 0 Å². The van der Waals surface area contributed by atoms with E-state index in [1.165, 1.54) is 11.3 Å². The topological polar surface area (TPSA) is 72.2 Å². The molecule has 0 aliphatic carbocycles. The second-order valence-corrected chi connectivity index (χ2v) is 7.86. The Balaban J connectivity index is 2.17. The fourth-order valence-electron chi connectivity index (χ4n) is 1.72. The van der Waals surface area contributed by atoms with Crippen molar-refractivity contribution >= 4 is 33.0 Å². The Bertz CT molecular complexity index is 681. The highest BCUT2D eigenvalue weighted by atomic mass is 35.5. The van der Waals surface area contributed by atoms with Gasteiger partial charge in [0.05, 0.1) is 0 Å². The van der Waals surface area contributed by atoms with Gasteiger partial charge in [-0.15, -0.1) is 11.3 Å². The third-order valence-corrected chi connectivity index (χ3v) is 6.20. The Labute approximate surface area is 127 Å². The van der Waals surface area contributed by atoms with Crippen LogP contribution in [0.3, 0.4) is 0 Å². The molecule has 0 aliphatic rings. The first-order chi connectivity index (χ1) is 9.42. The highest BCUT2D eigenvalue weighted by Gasteiger charge is 2.20. The monoisotopic (exact) mass is 330 g/mol. The van der Waals surface area contributed by atoms with Crippen LogP contribution in [0.25, 0.3) is 0 Å². The summed E-state index contributed by atoms with van der Waals surface area (Å²) >= 11 is 7.00. The Morgan fingerprint density at radius 1 is 1.25 bits per heavy atom. The molecule has 1 atom stereocenters. The molecule has 0 saturated carbocycles. The van der Waals surface area contributed by atoms with Crippen molar-refractivity contribution in [3.8, 4) is 0 Å². The average Bonchev–Trinajstić information content (AvgIpc) is 2.88. The van der Waals surface area contributed by atoms with E-state index in [4.69, 9.17) is 17.3 Å². The molecular weight excluding hydrogens is 316 g/mol. The molecule has 0 amide bonds. The van der Waals surface area contributed by atoms with Crippen molar-refractivity contribution in [2.45, 2.75) is 23.7 Å². The van der Waals surface area contributed by atoms with Crippen molar-refractivity contribution in [2.24, 2.45) is 5.73 Å². The molecule has 2 aromatic rings. The van der Waals surface area contributed by atoms with Crippen LogP contribution in [0.2, 0.25) is 5.02 Å². The van der Waals surface area contributed by atoms with E-state index in [9.17, 15) is 8.42 Å². The molecule has 0 saturated heterocycles. The van der Waals surface area contributed by atoms with Crippen LogP contribution in [0, 0.1) is 0 Å². The summed E-state index contributed by atoms with van der Waals surface area (Å²) in [5.41, 5.74) is 6.35. The minimum absolute atomic E-state index is 0.277. The Morgan fingerprint density at radius 3 is 2.45 bits per heavy atom. The zero-order valence-corrected chi connectivity index (χ0v) is 13.2. The van der Waals surface area contributed by atoms with E-state index >= 15 is 0 Å². The van der Waals surface area contributed by atoms with Gasteiger partial charge in [0, 0.05) is 22.5 Å². The van der Waals surface area contributed by atoms with E-state index in [2.05, 4.69) is 4.72 Å². The van der Waals surface area contributed by atoms with Crippen molar-refractivity contribution in [2.75, 3.05) is 0 Å². The zero-order valence-electron chi connectivity index (χ0n) is 10.8. The third kappa shape index (κ3) is 3.59. The maximum Gasteiger partial charge on any atom is 0.250 e. The van der Waals surface area contributed by atoms with Crippen molar-refractivity contribution < 1.29 is 8.42 Å². The van der Waals surface area contributed by atoms with Crippen molar-refractivity contribution in [1.82, 2.24) is 4.72 Å². The second kappa shape index (κ2) is 6.24. The van der Waals surface area contributed by atoms with Crippen LogP contribution >= 0.6 is 22.9 Å². The number of rotatable bonds is 5. The largest absolute Gasteiger partial charge is 0.326 e. The summed E-state index contributed by atoms with van der Waals surface area (Å²) in [4.78, 5) is 0.838. The van der Waals surface area contributed by atoms with Gasteiger partial charge < -0.3 is 5.73 Å². The van der Waals surface area contributed by atoms with E-state index in [1.807, 2.05) is 0 Å². The molecule has 0 spiro atoms. The summed E-state index contributed by atoms with van der Waals surface area (Å²) in [7, 11) is -3.53. The van der Waals surface area contributed by atoms with Crippen molar-refractivity contribution in [1.29, 1.82) is 0 Å². The van der Waals surface area contributed by atoms with E-state index in [1.54, 1.807) is 43.3 Å². The minimum Gasteiger partial charge on any atom is -0.326 e. The molecule has 0 aliphatic heterocycles. The van der Waals surface area contributed by atoms with Crippen LogP contribution in [-0.4, -0.2) is 8.42 Å². The van der Waals surface area contributed by atoms with Gasteiger partial charge in [0.1, 0.15) is 4.21 Å². The van der Waals surface area contributed by atoms with Gasteiger partial charge in [0.25, 0.3) is 10.0 Å². The van der Waals surface area contributed by atoms with Crippen LogP contribution < -0.4 is 10.5 Å². The number of thiophene rings is 1. The fourth-order valence-corrected chi connectivity index (χ4v) is 4.33. The summed E-state index contributed by atoms with van der Waals surface area (Å²) < 4.78 is 27.4. The molecule has 1 aromatic carbocycles. The fraction of sp³-hybridized carbons (Fsp3) is 0.231. The molecule has 3 N–H and O–H groups in total. The van der Waals surface area contributed by atoms with Gasteiger partial charge in [0.15, 0.2) is 0 Å². The lowest BCUT2D eigenvalue weighted by atomic mass is 10.1. The average molecular weight is 331 g/mol. The molecule has 2 rings (SSSR count). The lowest BCUT2D eigenvalue weighted by molar-refractivity contribution is 0.569. The van der Waals surface area contributed by atoms with Gasteiger partial charge in [-0.1, -0.05) is 23.7 Å². The Hall–Kier alpha value is -0.920. The first-order valence-electron chi connectivity index (χ1n) is 5.99. The number of hydrogen-bond donors (Lipinski definition) is 2. The van der Waals surface area contributed by atoms with Crippen LogP contribution in [0.4, 0.5) is 0 Å². The molecule has 108 valence electrons. The number of sulfonamides is 1. The summed E-state index contributed by atoms with van der Waals surface area (Å²) in [6.07, 6.45) is 0. The predicted octanol–water partition coefficient (Wildman–Crippen LogP) is 2.90. The molecule has 0 fully saturated rings. The number of nitrogens with two attached hydrogens (primary N) is 1. The van der Waals surface area contributed by atoms with Crippen LogP contribution in [0.15, 0.2) is 40.6 Å². The van der Waals surface area contributed by atoms with Crippen molar-refractivity contribution in [3.63, 3.8) is 0 Å². The highest BCUT2D eigenvalue weighted by Crippen LogP contribution is 2.24. The molecule has 4 nitrogen and oxygen atoms in total. The SMILES string of the molecule is CC(NS(=O)(=O)c1ccc(CN)s1)c1ccc(Cl)cc1. The Morgan fingerprint density at radius 2 is 1.90 bits per heavy atom.